The molecule has 0 heterocycles. The predicted molar refractivity (Wildman–Crippen MR) is 58.8 cm³/mol. The third kappa shape index (κ3) is 2.45. The molecule has 0 unspecified atom stereocenters. The fraction of sp³-hybridized carbons (Fsp3) is 0. The fourth-order valence-corrected chi connectivity index (χ4v) is 1.80. The van der Waals surface area contributed by atoms with E-state index in [-0.39, 0.29) is 12.4 Å². The first-order valence-corrected chi connectivity index (χ1v) is 4.92. The first-order valence-electron chi connectivity index (χ1n) is 4.15. The molecule has 0 nitrogen and oxygen atoms in total. The molecular formula is C12H10ClPd. The number of rotatable bonds is 1. The zero-order valence-electron chi connectivity index (χ0n) is 7.42. The van der Waals surface area contributed by atoms with E-state index in [1.54, 1.807) is 0 Å². The van der Waals surface area contributed by atoms with Gasteiger partial charge in [0, 0.05) is 0 Å². The Morgan fingerprint density at radius 2 is 1.29 bits per heavy atom. The van der Waals surface area contributed by atoms with Crippen LogP contribution in [0.3, 0.4) is 0 Å². The van der Waals surface area contributed by atoms with Gasteiger partial charge in [0.05, 0.1) is 0 Å². The van der Waals surface area contributed by atoms with E-state index in [0.29, 0.717) is 0 Å². The van der Waals surface area contributed by atoms with Gasteiger partial charge in [-0.05, 0) is 0 Å². The van der Waals surface area contributed by atoms with Gasteiger partial charge in [-0.2, -0.15) is 0 Å². The van der Waals surface area contributed by atoms with E-state index in [9.17, 15) is 0 Å². The molecule has 0 atom stereocenters. The maximum absolute atomic E-state index is 3.25. The summed E-state index contributed by atoms with van der Waals surface area (Å²) in [5.41, 5.74) is 2.51. The Balaban J connectivity index is 0.000000980. The summed E-state index contributed by atoms with van der Waals surface area (Å²) >= 11 is 3.25. The monoisotopic (exact) mass is 295 g/mol. The van der Waals surface area contributed by atoms with Gasteiger partial charge in [-0.1, -0.05) is 0 Å². The third-order valence-corrected chi connectivity index (χ3v) is 2.61. The summed E-state index contributed by atoms with van der Waals surface area (Å²) in [5.74, 6) is 0. The van der Waals surface area contributed by atoms with Crippen molar-refractivity contribution >= 4 is 16.4 Å². The summed E-state index contributed by atoms with van der Waals surface area (Å²) in [6.07, 6.45) is 0. The topological polar surface area (TPSA) is 0 Å². The second kappa shape index (κ2) is 5.32. The van der Waals surface area contributed by atoms with Gasteiger partial charge >= 0.3 is 89.0 Å². The molecule has 2 aromatic rings. The van der Waals surface area contributed by atoms with Crippen molar-refractivity contribution in [2.75, 3.05) is 0 Å². The Hall–Kier alpha value is -0.608. The van der Waals surface area contributed by atoms with Crippen LogP contribution in [0.15, 0.2) is 54.6 Å². The molecule has 0 radical (unpaired) electrons. The zero-order valence-corrected chi connectivity index (χ0v) is 9.79. The Kier molecular flexibility index (Phi) is 4.35. The number of hydrogen-bond acceptors (Lipinski definition) is 0. The molecule has 0 saturated carbocycles. The average molecular weight is 296 g/mol. The molecule has 0 fully saturated rings. The van der Waals surface area contributed by atoms with Crippen LogP contribution in [0.4, 0.5) is 0 Å². The predicted octanol–water partition coefficient (Wildman–Crippen LogP) is 2.95. The summed E-state index contributed by atoms with van der Waals surface area (Å²) in [7, 11) is 0. The Bertz CT molecular complexity index is 398. The summed E-state index contributed by atoms with van der Waals surface area (Å²) in [6.45, 7) is 0. The molecule has 2 rings (SSSR count). The Morgan fingerprint density at radius 1 is 0.714 bits per heavy atom. The number of benzene rings is 2. The van der Waals surface area contributed by atoms with E-state index >= 15 is 0 Å². The molecule has 2 heteroatoms. The van der Waals surface area contributed by atoms with E-state index in [4.69, 9.17) is 0 Å². The van der Waals surface area contributed by atoms with Crippen molar-refractivity contribution in [2.45, 2.75) is 0 Å². The minimum absolute atomic E-state index is 0. The van der Waals surface area contributed by atoms with Crippen molar-refractivity contribution in [1.29, 1.82) is 0 Å². The molecule has 0 saturated heterocycles. The van der Waals surface area contributed by atoms with E-state index in [2.05, 4.69) is 61.7 Å². The molecule has 0 bridgehead atoms. The fourth-order valence-electron chi connectivity index (χ4n) is 1.29. The summed E-state index contributed by atoms with van der Waals surface area (Å²) in [5, 5.41) is 0. The first-order chi connectivity index (χ1) is 6.38. The quantitative estimate of drug-likeness (QED) is 0.710. The van der Waals surface area contributed by atoms with Crippen LogP contribution in [0.1, 0.15) is 0 Å². The molecular weight excluding hydrogens is 286 g/mol. The van der Waals surface area contributed by atoms with Gasteiger partial charge in [-0.15, -0.1) is 12.4 Å². The molecule has 2 aromatic carbocycles. The van der Waals surface area contributed by atoms with Gasteiger partial charge in [0.1, 0.15) is 0 Å². The van der Waals surface area contributed by atoms with Crippen LogP contribution in [-0.2, 0) is 19.2 Å². The van der Waals surface area contributed by atoms with Gasteiger partial charge in [0.25, 0.3) is 0 Å². The number of halogens is 1. The Labute approximate surface area is 101 Å². The van der Waals surface area contributed by atoms with Crippen molar-refractivity contribution in [3.05, 3.63) is 54.6 Å². The van der Waals surface area contributed by atoms with Crippen molar-refractivity contribution in [3.8, 4) is 11.1 Å². The minimum atomic E-state index is 0. The van der Waals surface area contributed by atoms with E-state index in [1.165, 1.54) is 15.2 Å². The molecule has 0 spiro atoms. The zero-order chi connectivity index (χ0) is 9.10. The molecule has 0 N–H and O–H groups in total. The van der Waals surface area contributed by atoms with Crippen LogP contribution in [0.25, 0.3) is 11.1 Å². The van der Waals surface area contributed by atoms with Gasteiger partial charge in [0.15, 0.2) is 0 Å². The maximum atomic E-state index is 3.25. The normalized spacial score (nSPS) is 9.29. The molecule has 75 valence electrons. The molecule has 14 heavy (non-hydrogen) atoms. The molecule has 0 aliphatic heterocycles. The van der Waals surface area contributed by atoms with Crippen LogP contribution < -0.4 is 4.04 Å². The standard InChI is InChI=1S/C12H9.ClH.Pd/c1-3-7-11(8-4-1)12-9-5-2-6-10-12;;/h1-9H;1H;. The van der Waals surface area contributed by atoms with Crippen LogP contribution in [0.5, 0.6) is 0 Å². The second-order valence-electron chi connectivity index (χ2n) is 2.81. The van der Waals surface area contributed by atoms with Crippen molar-refractivity contribution in [2.24, 2.45) is 0 Å². The van der Waals surface area contributed by atoms with Gasteiger partial charge in [-0.25, -0.2) is 0 Å². The van der Waals surface area contributed by atoms with Crippen molar-refractivity contribution < 1.29 is 19.2 Å². The number of hydrogen-bond donors (Lipinski definition) is 0. The summed E-state index contributed by atoms with van der Waals surface area (Å²) in [6, 6.07) is 18.7. The second-order valence-corrected chi connectivity index (χ2v) is 3.65. The molecule has 0 aliphatic rings. The van der Waals surface area contributed by atoms with Gasteiger partial charge in [-0.3, -0.25) is 0 Å². The van der Waals surface area contributed by atoms with Crippen LogP contribution in [0.2, 0.25) is 0 Å². The average Bonchev–Trinajstić information content (AvgIpc) is 2.20. The first kappa shape index (κ1) is 11.5. The van der Waals surface area contributed by atoms with E-state index in [1.807, 2.05) is 12.1 Å². The van der Waals surface area contributed by atoms with Crippen LogP contribution >= 0.6 is 12.4 Å². The SMILES string of the molecule is Cl.[Pd][c]1ccccc1-c1ccccc1. The van der Waals surface area contributed by atoms with Crippen molar-refractivity contribution in [1.82, 2.24) is 0 Å². The summed E-state index contributed by atoms with van der Waals surface area (Å²) in [4.78, 5) is 0. The van der Waals surface area contributed by atoms with Crippen LogP contribution in [0, 0.1) is 0 Å². The summed E-state index contributed by atoms with van der Waals surface area (Å²) < 4.78 is 1.18. The van der Waals surface area contributed by atoms with Gasteiger partial charge in [0.2, 0.25) is 0 Å². The van der Waals surface area contributed by atoms with Gasteiger partial charge < -0.3 is 0 Å². The van der Waals surface area contributed by atoms with E-state index in [0.717, 1.165) is 0 Å². The van der Waals surface area contributed by atoms with E-state index < -0.39 is 0 Å². The molecule has 0 aliphatic carbocycles. The third-order valence-electron chi connectivity index (χ3n) is 1.93. The molecule has 0 aromatic heterocycles. The molecule has 0 amide bonds. The Morgan fingerprint density at radius 3 is 1.93 bits per heavy atom. The van der Waals surface area contributed by atoms with Crippen LogP contribution in [-0.4, -0.2) is 0 Å². The van der Waals surface area contributed by atoms with Crippen molar-refractivity contribution in [3.63, 3.8) is 0 Å².